The second kappa shape index (κ2) is 20.3. The van der Waals surface area contributed by atoms with Gasteiger partial charge in [-0.15, -0.1) is 0 Å². The molecule has 15 heteroatoms. The van der Waals surface area contributed by atoms with Crippen LogP contribution in [0.25, 0.3) is 111 Å². The van der Waals surface area contributed by atoms with Gasteiger partial charge in [-0.1, -0.05) is 83.9 Å². The quantitative estimate of drug-likeness (QED) is 0.146. The van der Waals surface area contributed by atoms with E-state index in [-0.39, 0.29) is 33.6 Å². The van der Waals surface area contributed by atoms with Crippen LogP contribution >= 0.6 is 0 Å². The van der Waals surface area contributed by atoms with E-state index in [0.29, 0.717) is 93.7 Å². The van der Waals surface area contributed by atoms with Crippen molar-refractivity contribution in [1.29, 1.82) is 5.26 Å². The molecule has 2 aromatic heterocycles. The Balaban J connectivity index is 1.19. The van der Waals surface area contributed by atoms with Crippen molar-refractivity contribution in [2.24, 2.45) is 0 Å². The first-order valence-corrected chi connectivity index (χ1v) is 27.1. The molecule has 12 aromatic rings. The van der Waals surface area contributed by atoms with Crippen LogP contribution in [0.1, 0.15) is 61.2 Å². The summed E-state index contributed by atoms with van der Waals surface area (Å²) in [6, 6.07) is 47.4. The molecule has 0 atom stereocenters. The van der Waals surface area contributed by atoms with Crippen LogP contribution in [0.15, 0.2) is 176 Å². The monoisotopic (exact) mass is 1170 g/mol. The Kier molecular flexibility index (Phi) is 13.4. The number of nitrogens with zero attached hydrogens (tertiary/aromatic N) is 3. The van der Waals surface area contributed by atoms with Crippen LogP contribution in [0.2, 0.25) is 0 Å². The zero-order valence-electron chi connectivity index (χ0n) is 46.6. The minimum atomic E-state index is -4.71. The van der Waals surface area contributed by atoms with Gasteiger partial charge in [0.25, 0.3) is 0 Å². The highest BCUT2D eigenvalue weighted by Crippen LogP contribution is 2.47. The smallest absolute Gasteiger partial charge is 0.308 e. The van der Waals surface area contributed by atoms with Gasteiger partial charge in [-0.25, -0.2) is 0 Å². The lowest BCUT2D eigenvalue weighted by Gasteiger charge is -2.20. The number of hydrogen-bond acceptors (Lipinski definition) is 1. The molecule has 0 unspecified atom stereocenters. The van der Waals surface area contributed by atoms with Crippen LogP contribution in [0.5, 0.6) is 0 Å². The Morgan fingerprint density at radius 2 is 0.605 bits per heavy atom. The second-order valence-electron chi connectivity index (χ2n) is 22.0. The molecule has 0 radical (unpaired) electrons. The number of rotatable bonds is 7. The summed E-state index contributed by atoms with van der Waals surface area (Å²) in [6.45, 7) is 10.2. The highest BCUT2D eigenvalue weighted by molar-refractivity contribution is 6.14. The number of alkyl halides is 12. The number of nitriles is 1. The van der Waals surface area contributed by atoms with Crippen LogP contribution in [0.3, 0.4) is 0 Å². The van der Waals surface area contributed by atoms with E-state index in [1.807, 2.05) is 59.4 Å². The standard InChI is InChI=1S/C71H47F12N3/c1-37-7-16-51(39(3)25-37)43-9-21-64-58(30-43)59-33-46(55-17-8-38(2)26-61(55)71(81,82)83)12-24-65(59)86(64)67-35-47(54-20-15-50(29-42(54)6)70(78,79)80)34-66(60(67)36-84)85-62-22-10-44(52-18-13-48(27-40(52)4)68(72,73)74)31-56(62)57-32-45(11-23-63(57)85)53-19-14-49(28-41(53)5)69(75,76)77/h7-35H,1-6H3. The first kappa shape index (κ1) is 56.9. The van der Waals surface area contributed by atoms with Crippen molar-refractivity contribution >= 4 is 43.6 Å². The maximum absolute atomic E-state index is 14.9. The number of fused-ring (bicyclic) bond motifs is 6. The van der Waals surface area contributed by atoms with E-state index in [9.17, 15) is 57.9 Å². The third kappa shape index (κ3) is 9.90. The summed E-state index contributed by atoms with van der Waals surface area (Å²) in [4.78, 5) is 0. The van der Waals surface area contributed by atoms with E-state index in [4.69, 9.17) is 0 Å². The SMILES string of the molecule is Cc1ccc(-c2ccc3c(c2)c2cc(-c4ccc(C)cc4C(F)(F)F)ccc2n3-c2cc(-c3ccc(C(F)(F)F)cc3C)cc(-n3c4ccc(-c5ccc(C(F)(F)F)cc5C)cc4c4cc(-c5ccc(C(F)(F)F)cc5C)ccc43)c2C#N)c(C)c1. The zero-order valence-corrected chi connectivity index (χ0v) is 46.6. The summed E-state index contributed by atoms with van der Waals surface area (Å²) in [5.74, 6) is 0. The summed E-state index contributed by atoms with van der Waals surface area (Å²) in [5.41, 5.74) is 6.99. The fraction of sp³-hybridized carbons (Fsp3) is 0.141. The fourth-order valence-corrected chi connectivity index (χ4v) is 12.2. The molecule has 430 valence electrons. The Morgan fingerprint density at radius 1 is 0.302 bits per heavy atom. The molecule has 2 heterocycles. The van der Waals surface area contributed by atoms with Gasteiger partial charge in [-0.3, -0.25) is 0 Å². The number of aromatic nitrogens is 2. The van der Waals surface area contributed by atoms with Crippen molar-refractivity contribution in [3.63, 3.8) is 0 Å². The fourth-order valence-electron chi connectivity index (χ4n) is 12.2. The van der Waals surface area contributed by atoms with Crippen LogP contribution in [-0.4, -0.2) is 9.13 Å². The van der Waals surface area contributed by atoms with Crippen molar-refractivity contribution in [2.45, 2.75) is 66.2 Å². The highest BCUT2D eigenvalue weighted by Gasteiger charge is 2.36. The largest absolute Gasteiger partial charge is 0.417 e. The first-order chi connectivity index (χ1) is 40.6. The van der Waals surface area contributed by atoms with Gasteiger partial charge in [-0.05, 0) is 223 Å². The topological polar surface area (TPSA) is 33.6 Å². The van der Waals surface area contributed by atoms with Crippen molar-refractivity contribution in [3.05, 3.63) is 237 Å². The third-order valence-electron chi connectivity index (χ3n) is 16.3. The summed E-state index contributed by atoms with van der Waals surface area (Å²) in [5, 5.41) is 14.0. The van der Waals surface area contributed by atoms with Gasteiger partial charge < -0.3 is 9.13 Å². The van der Waals surface area contributed by atoms with E-state index < -0.39 is 47.0 Å². The first-order valence-electron chi connectivity index (χ1n) is 27.1. The molecule has 12 rings (SSSR count). The number of hydrogen-bond donors (Lipinski definition) is 0. The van der Waals surface area contributed by atoms with E-state index >= 15 is 0 Å². The van der Waals surface area contributed by atoms with E-state index in [2.05, 4.69) is 6.07 Å². The molecule has 0 saturated carbocycles. The summed E-state index contributed by atoms with van der Waals surface area (Å²) in [6.07, 6.45) is -18.6. The van der Waals surface area contributed by atoms with Crippen molar-refractivity contribution < 1.29 is 52.7 Å². The minimum absolute atomic E-state index is 0.0571. The summed E-state index contributed by atoms with van der Waals surface area (Å²) < 4.78 is 175. The zero-order chi connectivity index (χ0) is 61.3. The number of aryl methyl sites for hydroxylation is 6. The van der Waals surface area contributed by atoms with Crippen LogP contribution in [-0.2, 0) is 24.7 Å². The Bertz CT molecular complexity index is 4720. The van der Waals surface area contributed by atoms with E-state index in [1.54, 1.807) is 93.6 Å². The van der Waals surface area contributed by atoms with Gasteiger partial charge in [-0.2, -0.15) is 57.9 Å². The van der Waals surface area contributed by atoms with Gasteiger partial charge in [0.2, 0.25) is 0 Å². The van der Waals surface area contributed by atoms with Crippen molar-refractivity contribution in [2.75, 3.05) is 0 Å². The Hall–Kier alpha value is -9.55. The van der Waals surface area contributed by atoms with E-state index in [1.165, 1.54) is 31.2 Å². The molecule has 0 fully saturated rings. The molecule has 0 saturated heterocycles. The van der Waals surface area contributed by atoms with Crippen molar-refractivity contribution in [3.8, 4) is 73.1 Å². The minimum Gasteiger partial charge on any atom is -0.308 e. The highest BCUT2D eigenvalue weighted by atomic mass is 19.4. The third-order valence-corrected chi connectivity index (χ3v) is 16.3. The predicted octanol–water partition coefficient (Wildman–Crippen LogP) is 22.0. The van der Waals surface area contributed by atoms with Gasteiger partial charge in [0.05, 0.1) is 55.7 Å². The Labute approximate surface area is 485 Å². The average molecular weight is 1170 g/mol. The lowest BCUT2D eigenvalue weighted by atomic mass is 9.95. The maximum Gasteiger partial charge on any atom is 0.417 e. The molecule has 0 amide bonds. The lowest BCUT2D eigenvalue weighted by Crippen LogP contribution is -2.07. The molecule has 0 aliphatic rings. The molecule has 10 aromatic carbocycles. The molecule has 0 N–H and O–H groups in total. The molecule has 0 bridgehead atoms. The van der Waals surface area contributed by atoms with Gasteiger partial charge in [0.15, 0.2) is 0 Å². The predicted molar refractivity (Wildman–Crippen MR) is 315 cm³/mol. The van der Waals surface area contributed by atoms with Crippen LogP contribution < -0.4 is 0 Å². The molecular weight excluding hydrogens is 1120 g/mol. The van der Waals surface area contributed by atoms with Crippen LogP contribution in [0.4, 0.5) is 52.7 Å². The maximum atomic E-state index is 14.9. The summed E-state index contributed by atoms with van der Waals surface area (Å²) >= 11 is 0. The summed E-state index contributed by atoms with van der Waals surface area (Å²) in [7, 11) is 0. The normalized spacial score (nSPS) is 12.5. The average Bonchev–Trinajstić information content (AvgIpc) is 1.57. The van der Waals surface area contributed by atoms with Crippen LogP contribution in [0, 0.1) is 52.9 Å². The van der Waals surface area contributed by atoms with E-state index in [0.717, 1.165) is 64.7 Å². The molecule has 86 heavy (non-hydrogen) atoms. The Morgan fingerprint density at radius 3 is 0.919 bits per heavy atom. The van der Waals surface area contributed by atoms with Gasteiger partial charge >= 0.3 is 24.7 Å². The van der Waals surface area contributed by atoms with Crippen molar-refractivity contribution in [1.82, 2.24) is 9.13 Å². The molecular formula is C71H47F12N3. The van der Waals surface area contributed by atoms with Gasteiger partial charge in [0.1, 0.15) is 11.6 Å². The van der Waals surface area contributed by atoms with Gasteiger partial charge in [0, 0.05) is 21.5 Å². The molecule has 0 aliphatic heterocycles. The lowest BCUT2D eigenvalue weighted by molar-refractivity contribution is -0.138. The molecule has 0 aliphatic carbocycles. The molecule has 3 nitrogen and oxygen atoms in total. The number of halogens is 12. The molecule has 0 spiro atoms. The second-order valence-corrected chi connectivity index (χ2v) is 22.0. The number of benzene rings is 10.